The molecule has 0 saturated heterocycles. The Morgan fingerprint density at radius 3 is 0.818 bits per heavy atom. The van der Waals surface area contributed by atoms with Crippen molar-refractivity contribution in [1.82, 2.24) is 0 Å². The van der Waals surface area contributed by atoms with Crippen molar-refractivity contribution >= 4 is 129 Å². The summed E-state index contributed by atoms with van der Waals surface area (Å²) < 4.78 is 0. The maximum Gasteiger partial charge on any atom is -0.0000365 e. The molecule has 0 heterocycles. The van der Waals surface area contributed by atoms with Crippen LogP contribution >= 0.6 is 0 Å². The molecule has 0 fully saturated rings. The van der Waals surface area contributed by atoms with E-state index in [-0.39, 0.29) is 0 Å². The minimum Gasteiger partial charge on any atom is -0.0651 e. The topological polar surface area (TPSA) is 0 Å². The number of aryl methyl sites for hydroxylation is 4. The van der Waals surface area contributed by atoms with Gasteiger partial charge >= 0.3 is 0 Å². The van der Waals surface area contributed by atoms with Crippen molar-refractivity contribution in [3.63, 3.8) is 0 Å². The molecule has 13 aromatic carbocycles. The first-order valence-corrected chi connectivity index (χ1v) is 25.8. The summed E-state index contributed by atoms with van der Waals surface area (Å²) in [4.78, 5) is 0. The number of benzene rings is 13. The molecule has 13 aromatic rings. The van der Waals surface area contributed by atoms with Gasteiger partial charge < -0.3 is 0 Å². The Labute approximate surface area is 388 Å². The second-order valence-corrected chi connectivity index (χ2v) is 20.0. The summed E-state index contributed by atoms with van der Waals surface area (Å²) in [6.07, 6.45) is 13.5. The van der Waals surface area contributed by atoms with Gasteiger partial charge in [-0.05, 0) is 201 Å². The molecule has 0 aliphatic heterocycles. The minimum atomic E-state index is 1.08. The van der Waals surface area contributed by atoms with Crippen molar-refractivity contribution < 1.29 is 0 Å². The van der Waals surface area contributed by atoms with Crippen LogP contribution in [-0.2, 0) is 38.5 Å². The molecule has 0 aliphatic rings. The number of fused-ring (bicyclic) bond motifs is 18. The Morgan fingerprint density at radius 1 is 0.197 bits per heavy atom. The Hall–Kier alpha value is -6.24. The van der Waals surface area contributed by atoms with Crippen molar-refractivity contribution in [2.24, 2.45) is 0 Å². The van der Waals surface area contributed by atoms with Gasteiger partial charge in [-0.2, -0.15) is 0 Å². The molecule has 0 radical (unpaired) electrons. The van der Waals surface area contributed by atoms with Gasteiger partial charge in [-0.3, -0.25) is 0 Å². The van der Waals surface area contributed by atoms with E-state index in [4.69, 9.17) is 0 Å². The van der Waals surface area contributed by atoms with Crippen molar-refractivity contribution in [3.05, 3.63) is 143 Å². The fraction of sp³-hybridized carbons (Fsp3) is 0.273. The highest BCUT2D eigenvalue weighted by Crippen LogP contribution is 2.61. The van der Waals surface area contributed by atoms with Crippen molar-refractivity contribution in [2.75, 3.05) is 0 Å². The van der Waals surface area contributed by atoms with Gasteiger partial charge in [-0.1, -0.05) is 189 Å². The van der Waals surface area contributed by atoms with E-state index >= 15 is 0 Å². The average Bonchev–Trinajstić information content (AvgIpc) is 3.35. The van der Waals surface area contributed by atoms with Gasteiger partial charge in [0, 0.05) is 0 Å². The molecule has 0 bridgehead atoms. The predicted molar refractivity (Wildman–Crippen MR) is 294 cm³/mol. The molecule has 0 nitrogen and oxygen atoms in total. The van der Waals surface area contributed by atoms with Gasteiger partial charge in [0.2, 0.25) is 0 Å². The first kappa shape index (κ1) is 40.1. The highest BCUT2D eigenvalue weighted by atomic mass is 14.4. The lowest BCUT2D eigenvalue weighted by atomic mass is 9.71. The predicted octanol–water partition coefficient (Wildman–Crippen LogP) is 19.6. The molecule has 0 aliphatic carbocycles. The van der Waals surface area contributed by atoms with Gasteiger partial charge in [-0.25, -0.2) is 0 Å². The van der Waals surface area contributed by atoms with Crippen molar-refractivity contribution in [1.29, 1.82) is 0 Å². The molecule has 0 atom stereocenters. The lowest BCUT2D eigenvalue weighted by Crippen LogP contribution is -2.09. The molecule has 0 unspecified atom stereocenters. The van der Waals surface area contributed by atoms with Crippen LogP contribution in [0, 0.1) is 0 Å². The van der Waals surface area contributed by atoms with Crippen LogP contribution in [-0.4, -0.2) is 0 Å². The van der Waals surface area contributed by atoms with Crippen LogP contribution in [0.4, 0.5) is 0 Å². The largest absolute Gasteiger partial charge is 0.0651 e. The Kier molecular flexibility index (Phi) is 9.20. The third kappa shape index (κ3) is 5.01. The fourth-order valence-corrected chi connectivity index (χ4v) is 14.3. The molecule has 0 saturated carbocycles. The van der Waals surface area contributed by atoms with E-state index in [0.717, 1.165) is 77.0 Å². The first-order valence-electron chi connectivity index (χ1n) is 25.8. The van der Waals surface area contributed by atoms with E-state index in [1.807, 2.05) is 0 Å². The van der Waals surface area contributed by atoms with Crippen molar-refractivity contribution in [3.8, 4) is 0 Å². The van der Waals surface area contributed by atoms with Gasteiger partial charge in [0.15, 0.2) is 0 Å². The molecule has 0 amide bonds. The van der Waals surface area contributed by atoms with Gasteiger partial charge in [0.1, 0.15) is 0 Å². The lowest BCUT2D eigenvalue weighted by molar-refractivity contribution is 0.811. The Morgan fingerprint density at radius 2 is 0.470 bits per heavy atom. The molecule has 0 spiro atoms. The first-order chi connectivity index (χ1) is 32.6. The van der Waals surface area contributed by atoms with Crippen molar-refractivity contribution in [2.45, 2.75) is 119 Å². The third-order valence-electron chi connectivity index (χ3n) is 16.3. The van der Waals surface area contributed by atoms with E-state index in [2.05, 4.69) is 151 Å². The molecule has 0 aromatic heterocycles. The summed E-state index contributed by atoms with van der Waals surface area (Å²) in [5, 5.41) is 35.0. The fourth-order valence-electron chi connectivity index (χ4n) is 14.3. The van der Waals surface area contributed by atoms with E-state index in [0.29, 0.717) is 0 Å². The van der Waals surface area contributed by atoms with E-state index in [9.17, 15) is 0 Å². The molecular formula is C66H60. The summed E-state index contributed by atoms with van der Waals surface area (Å²) in [6, 6.07) is 43.3. The summed E-state index contributed by atoms with van der Waals surface area (Å²) in [5.41, 5.74) is 9.75. The molecule has 13 rings (SSSR count). The maximum absolute atomic E-state index is 2.62. The zero-order chi connectivity index (χ0) is 44.5. The van der Waals surface area contributed by atoms with Crippen LogP contribution in [0.15, 0.2) is 109 Å². The van der Waals surface area contributed by atoms with Crippen LogP contribution in [0.5, 0.6) is 0 Å². The second-order valence-electron chi connectivity index (χ2n) is 20.0. The summed E-state index contributed by atoms with van der Waals surface area (Å²) in [6.45, 7) is 14.5. The monoisotopic (exact) mass is 852 g/mol. The maximum atomic E-state index is 2.62. The Balaban J connectivity index is 1.55. The summed E-state index contributed by atoms with van der Waals surface area (Å²) in [5.74, 6) is 0. The van der Waals surface area contributed by atoms with Crippen LogP contribution in [0.25, 0.3) is 129 Å². The molecular weight excluding hydrogens is 793 g/mol. The summed E-state index contributed by atoms with van der Waals surface area (Å²) >= 11 is 0. The third-order valence-corrected chi connectivity index (χ3v) is 16.3. The number of rotatable bonds is 12. The minimum absolute atomic E-state index is 1.08. The summed E-state index contributed by atoms with van der Waals surface area (Å²) in [7, 11) is 0. The zero-order valence-electron chi connectivity index (χ0n) is 39.9. The molecule has 0 N–H and O–H groups in total. The van der Waals surface area contributed by atoms with E-state index in [1.165, 1.54) is 118 Å². The smallest absolute Gasteiger partial charge is 0.0000365 e. The lowest BCUT2D eigenvalue weighted by Gasteiger charge is -2.31. The number of hydrogen-bond donors (Lipinski definition) is 0. The van der Waals surface area contributed by atoms with Gasteiger partial charge in [-0.15, -0.1) is 0 Å². The standard InChI is InChI=1S/C66H60/c1-7-21-37-35-36-51-52(38(37)22-8-2)56-49-33-19-17-31-47(49)54-45-29-15-13-27-43(45)53-44-28-14-16-30-46(44)55-48-32-18-20-34-50(48)59-57-41(25-11-5)39(23-9-3)40(24-10-4)42(26-12-6)58(57)60(51)66-64(56)62(54)61(53)63(55)65(59)66/h13-20,27-36H,7-12,21-26H2,1-6H3. The highest BCUT2D eigenvalue weighted by Gasteiger charge is 2.33. The van der Waals surface area contributed by atoms with Gasteiger partial charge in [0.05, 0.1) is 0 Å². The normalized spacial score (nSPS) is 12.8. The van der Waals surface area contributed by atoms with Crippen LogP contribution in [0.1, 0.15) is 113 Å². The van der Waals surface area contributed by atoms with Crippen LogP contribution in [0.2, 0.25) is 0 Å². The Bertz CT molecular complexity index is 4010. The molecule has 0 heteroatoms. The highest BCUT2D eigenvalue weighted by molar-refractivity contribution is 6.61. The quantitative estimate of drug-likeness (QED) is 0.0848. The zero-order valence-corrected chi connectivity index (χ0v) is 39.9. The number of hydrogen-bond acceptors (Lipinski definition) is 0. The van der Waals surface area contributed by atoms with Crippen LogP contribution in [0.3, 0.4) is 0 Å². The van der Waals surface area contributed by atoms with Crippen LogP contribution < -0.4 is 0 Å². The van der Waals surface area contributed by atoms with Gasteiger partial charge in [0.25, 0.3) is 0 Å². The van der Waals surface area contributed by atoms with E-state index < -0.39 is 0 Å². The second kappa shape index (κ2) is 15.1. The SMILES string of the molecule is CCCc1ccc2c(c1CCC)c1c3ccccc3c3c4ccccc4c4c5ccccc5c5c6ccccc6c6c7c(CCC)c(CCC)c(CCC)c(CCC)c7c2c2c1c3c4c5c62. The average molecular weight is 853 g/mol. The van der Waals surface area contributed by atoms with E-state index in [1.54, 1.807) is 44.2 Å². The molecule has 66 heavy (non-hydrogen) atoms. The molecule has 324 valence electrons.